The molecule has 1 N–H and O–H groups in total. The Morgan fingerprint density at radius 1 is 1.12 bits per heavy atom. The van der Waals surface area contributed by atoms with Gasteiger partial charge in [-0.3, -0.25) is 9.69 Å². The van der Waals surface area contributed by atoms with Gasteiger partial charge in [0, 0.05) is 25.2 Å². The van der Waals surface area contributed by atoms with Crippen LogP contribution in [0, 0.1) is 5.82 Å². The highest BCUT2D eigenvalue weighted by molar-refractivity contribution is 5.94. The summed E-state index contributed by atoms with van der Waals surface area (Å²) in [7, 11) is 0. The zero-order valence-electron chi connectivity index (χ0n) is 14.2. The molecule has 0 unspecified atom stereocenters. The normalized spacial score (nSPS) is 15.0. The second kappa shape index (κ2) is 6.73. The molecule has 0 spiro atoms. The van der Waals surface area contributed by atoms with Crippen LogP contribution >= 0.6 is 0 Å². The number of nitrogens with zero attached hydrogens (tertiary/aromatic N) is 1. The maximum Gasteiger partial charge on any atom is 0.254 e. The van der Waals surface area contributed by atoms with Gasteiger partial charge in [-0.1, -0.05) is 36.4 Å². The molecule has 24 heavy (non-hydrogen) atoms. The van der Waals surface area contributed by atoms with E-state index < -0.39 is 5.82 Å². The van der Waals surface area contributed by atoms with Crippen LogP contribution in [-0.4, -0.2) is 29.4 Å². The fourth-order valence-corrected chi connectivity index (χ4v) is 3.16. The summed E-state index contributed by atoms with van der Waals surface area (Å²) in [6.07, 6.45) is 1.01. The first-order chi connectivity index (χ1) is 11.5. The summed E-state index contributed by atoms with van der Waals surface area (Å²) in [5.41, 5.74) is 2.64. The highest BCUT2D eigenvalue weighted by atomic mass is 19.1. The standard InChI is InChI=1S/C20H23FN2O/c1-20(2,14-22-19(24)17-9-5-6-10-18(17)21)23-12-11-15-7-3-4-8-16(15)13-23/h3-10H,11-14H2,1-2H3,(H,22,24). The van der Waals surface area contributed by atoms with Crippen molar-refractivity contribution in [3.05, 3.63) is 71.0 Å². The van der Waals surface area contributed by atoms with Crippen molar-refractivity contribution in [2.24, 2.45) is 0 Å². The van der Waals surface area contributed by atoms with Crippen molar-refractivity contribution in [2.45, 2.75) is 32.4 Å². The van der Waals surface area contributed by atoms with Gasteiger partial charge in [0.2, 0.25) is 0 Å². The van der Waals surface area contributed by atoms with Gasteiger partial charge in [0.15, 0.2) is 0 Å². The molecule has 0 aliphatic carbocycles. The van der Waals surface area contributed by atoms with Crippen LogP contribution in [-0.2, 0) is 13.0 Å². The van der Waals surface area contributed by atoms with Crippen molar-refractivity contribution in [1.29, 1.82) is 0 Å². The maximum absolute atomic E-state index is 13.7. The van der Waals surface area contributed by atoms with Gasteiger partial charge in [0.25, 0.3) is 5.91 Å². The fourth-order valence-electron chi connectivity index (χ4n) is 3.16. The minimum atomic E-state index is -0.486. The van der Waals surface area contributed by atoms with Crippen molar-refractivity contribution in [3.8, 4) is 0 Å². The number of carbonyl (C=O) groups excluding carboxylic acids is 1. The van der Waals surface area contributed by atoms with Gasteiger partial charge in [0.1, 0.15) is 5.82 Å². The number of amides is 1. The number of rotatable bonds is 4. The van der Waals surface area contributed by atoms with Crippen LogP contribution in [0.3, 0.4) is 0 Å². The third-order valence-corrected chi connectivity index (χ3v) is 4.79. The number of halogens is 1. The van der Waals surface area contributed by atoms with E-state index in [1.54, 1.807) is 12.1 Å². The first-order valence-electron chi connectivity index (χ1n) is 8.32. The average Bonchev–Trinajstić information content (AvgIpc) is 2.60. The molecular formula is C20H23FN2O. The Balaban J connectivity index is 1.64. The predicted octanol–water partition coefficient (Wildman–Crippen LogP) is 3.39. The van der Waals surface area contributed by atoms with E-state index in [1.165, 1.54) is 23.3 Å². The van der Waals surface area contributed by atoms with Gasteiger partial charge >= 0.3 is 0 Å². The van der Waals surface area contributed by atoms with E-state index in [4.69, 9.17) is 0 Å². The molecule has 3 nitrogen and oxygen atoms in total. The molecule has 3 rings (SSSR count). The first kappa shape index (κ1) is 16.7. The summed E-state index contributed by atoms with van der Waals surface area (Å²) in [4.78, 5) is 14.6. The molecule has 1 aliphatic rings. The van der Waals surface area contributed by atoms with Gasteiger partial charge in [-0.25, -0.2) is 4.39 Å². The lowest BCUT2D eigenvalue weighted by Crippen LogP contribution is -2.53. The third-order valence-electron chi connectivity index (χ3n) is 4.79. The molecule has 1 aliphatic heterocycles. The Morgan fingerprint density at radius 2 is 1.79 bits per heavy atom. The molecule has 0 radical (unpaired) electrons. The maximum atomic E-state index is 13.7. The second-order valence-electron chi connectivity index (χ2n) is 6.92. The number of nitrogens with one attached hydrogen (secondary N) is 1. The van der Waals surface area contributed by atoms with Crippen LogP contribution in [0.4, 0.5) is 4.39 Å². The lowest BCUT2D eigenvalue weighted by Gasteiger charge is -2.41. The lowest BCUT2D eigenvalue weighted by atomic mass is 9.94. The predicted molar refractivity (Wildman–Crippen MR) is 93.4 cm³/mol. The fraction of sp³-hybridized carbons (Fsp3) is 0.350. The van der Waals surface area contributed by atoms with Gasteiger partial charge < -0.3 is 5.32 Å². The van der Waals surface area contributed by atoms with E-state index >= 15 is 0 Å². The van der Waals surface area contributed by atoms with Crippen molar-refractivity contribution in [1.82, 2.24) is 10.2 Å². The molecular weight excluding hydrogens is 303 g/mol. The smallest absolute Gasteiger partial charge is 0.254 e. The summed E-state index contributed by atoms with van der Waals surface area (Å²) >= 11 is 0. The van der Waals surface area contributed by atoms with Gasteiger partial charge in [-0.05, 0) is 43.5 Å². The molecule has 126 valence electrons. The minimum absolute atomic E-state index is 0.0947. The van der Waals surface area contributed by atoms with E-state index in [1.807, 2.05) is 0 Å². The largest absolute Gasteiger partial charge is 0.350 e. The van der Waals surface area contributed by atoms with Crippen molar-refractivity contribution in [2.75, 3.05) is 13.1 Å². The molecule has 0 atom stereocenters. The Labute approximate surface area is 142 Å². The Hall–Kier alpha value is -2.20. The number of hydrogen-bond donors (Lipinski definition) is 1. The van der Waals surface area contributed by atoms with Crippen LogP contribution in [0.25, 0.3) is 0 Å². The van der Waals surface area contributed by atoms with E-state index in [0.29, 0.717) is 6.54 Å². The van der Waals surface area contributed by atoms with Crippen molar-refractivity contribution >= 4 is 5.91 Å². The Morgan fingerprint density at radius 3 is 2.54 bits per heavy atom. The summed E-state index contributed by atoms with van der Waals surface area (Å²) < 4.78 is 13.7. The number of hydrogen-bond acceptors (Lipinski definition) is 2. The molecule has 1 heterocycles. The molecule has 4 heteroatoms. The first-order valence-corrected chi connectivity index (χ1v) is 8.32. The molecule has 0 saturated heterocycles. The summed E-state index contributed by atoms with van der Waals surface area (Å²) in [6.45, 7) is 6.53. The molecule has 2 aromatic carbocycles. The Bertz CT molecular complexity index is 742. The number of carbonyl (C=O) groups is 1. The summed E-state index contributed by atoms with van der Waals surface area (Å²) in [6, 6.07) is 14.6. The van der Waals surface area contributed by atoms with Gasteiger partial charge in [0.05, 0.1) is 5.56 Å². The number of benzene rings is 2. The van der Waals surface area contributed by atoms with E-state index in [2.05, 4.69) is 48.3 Å². The second-order valence-corrected chi connectivity index (χ2v) is 6.92. The summed E-state index contributed by atoms with van der Waals surface area (Å²) in [5, 5.41) is 2.88. The van der Waals surface area contributed by atoms with E-state index in [0.717, 1.165) is 19.5 Å². The molecule has 1 amide bonds. The van der Waals surface area contributed by atoms with Crippen LogP contribution in [0.1, 0.15) is 35.3 Å². The zero-order chi connectivity index (χ0) is 17.2. The monoisotopic (exact) mass is 326 g/mol. The van der Waals surface area contributed by atoms with Gasteiger partial charge in [-0.15, -0.1) is 0 Å². The van der Waals surface area contributed by atoms with Crippen molar-refractivity contribution < 1.29 is 9.18 Å². The molecule has 0 bridgehead atoms. The molecule has 0 fully saturated rings. The molecule has 0 saturated carbocycles. The molecule has 2 aromatic rings. The summed E-state index contributed by atoms with van der Waals surface area (Å²) in [5.74, 6) is -0.849. The van der Waals surface area contributed by atoms with Crippen LogP contribution in [0.2, 0.25) is 0 Å². The highest BCUT2D eigenvalue weighted by Gasteiger charge is 2.30. The lowest BCUT2D eigenvalue weighted by molar-refractivity contribution is 0.0823. The minimum Gasteiger partial charge on any atom is -0.350 e. The van der Waals surface area contributed by atoms with Crippen LogP contribution < -0.4 is 5.32 Å². The number of fused-ring (bicyclic) bond motifs is 1. The van der Waals surface area contributed by atoms with Gasteiger partial charge in [-0.2, -0.15) is 0 Å². The van der Waals surface area contributed by atoms with Crippen LogP contribution in [0.15, 0.2) is 48.5 Å². The topological polar surface area (TPSA) is 32.3 Å². The molecule has 0 aromatic heterocycles. The van der Waals surface area contributed by atoms with Crippen molar-refractivity contribution in [3.63, 3.8) is 0 Å². The average molecular weight is 326 g/mol. The van der Waals surface area contributed by atoms with E-state index in [-0.39, 0.29) is 17.0 Å². The Kier molecular flexibility index (Phi) is 4.67. The quantitative estimate of drug-likeness (QED) is 0.934. The SMILES string of the molecule is CC(C)(CNC(=O)c1ccccc1F)N1CCc2ccccc2C1. The zero-order valence-corrected chi connectivity index (χ0v) is 14.2. The van der Waals surface area contributed by atoms with E-state index in [9.17, 15) is 9.18 Å². The highest BCUT2D eigenvalue weighted by Crippen LogP contribution is 2.25. The van der Waals surface area contributed by atoms with Crippen LogP contribution in [0.5, 0.6) is 0 Å². The third kappa shape index (κ3) is 3.49.